The zero-order valence-electron chi connectivity index (χ0n) is 7.26. The van der Waals surface area contributed by atoms with Crippen molar-refractivity contribution in [1.29, 1.82) is 0 Å². The molecule has 0 saturated heterocycles. The molecule has 0 radical (unpaired) electrons. The number of benzene rings is 1. The van der Waals surface area contributed by atoms with Gasteiger partial charge in [0, 0.05) is 20.0 Å². The molecule has 0 bridgehead atoms. The monoisotopic (exact) mass is 276 g/mol. The van der Waals surface area contributed by atoms with Gasteiger partial charge in [-0.05, 0) is 30.2 Å². The highest BCUT2D eigenvalue weighted by Gasteiger charge is 2.22. The Morgan fingerprint density at radius 2 is 2.31 bits per heavy atom. The van der Waals surface area contributed by atoms with Crippen molar-refractivity contribution in [3.63, 3.8) is 0 Å². The maximum Gasteiger partial charge on any atom is 0.0417 e. The third-order valence-electron chi connectivity index (χ3n) is 2.18. The van der Waals surface area contributed by atoms with Crippen molar-refractivity contribution in [2.24, 2.45) is 0 Å². The lowest BCUT2D eigenvalue weighted by Gasteiger charge is -2.25. The molecule has 0 aromatic heterocycles. The lowest BCUT2D eigenvalue weighted by molar-refractivity contribution is 0.774. The van der Waals surface area contributed by atoms with Crippen LogP contribution >= 0.6 is 39.3 Å². The van der Waals surface area contributed by atoms with Crippen LogP contribution in [-0.2, 0) is 0 Å². The number of alkyl halides is 1. The summed E-state index contributed by atoms with van der Waals surface area (Å²) in [4.78, 5) is 1.84. The minimum atomic E-state index is 0.470. The van der Waals surface area contributed by atoms with Crippen LogP contribution in [0.2, 0.25) is 5.02 Å². The van der Waals surface area contributed by atoms with E-state index in [9.17, 15) is 0 Å². The fourth-order valence-corrected chi connectivity index (χ4v) is 4.28. The van der Waals surface area contributed by atoms with E-state index in [1.165, 1.54) is 16.9 Å². The van der Waals surface area contributed by atoms with Crippen LogP contribution < -0.4 is 0 Å². The fraction of sp³-hybridized carbons (Fsp3) is 0.400. The molecule has 1 aromatic carbocycles. The summed E-state index contributed by atoms with van der Waals surface area (Å²) >= 11 is 11.6. The molecule has 70 valence electrons. The standard InChI is InChI=1S/C10H10BrClS/c1-6-4-9(11)8-5-7(12)2-3-10(8)13-6/h2-3,5-6,9H,4H2,1H3. The zero-order valence-corrected chi connectivity index (χ0v) is 10.4. The summed E-state index contributed by atoms with van der Waals surface area (Å²) in [5, 5.41) is 1.52. The van der Waals surface area contributed by atoms with Gasteiger partial charge < -0.3 is 0 Å². The van der Waals surface area contributed by atoms with Crippen LogP contribution in [0, 0.1) is 0 Å². The van der Waals surface area contributed by atoms with Crippen molar-refractivity contribution >= 4 is 39.3 Å². The van der Waals surface area contributed by atoms with Crippen molar-refractivity contribution in [1.82, 2.24) is 0 Å². The Balaban J connectivity index is 2.43. The van der Waals surface area contributed by atoms with Crippen LogP contribution in [0.3, 0.4) is 0 Å². The van der Waals surface area contributed by atoms with Gasteiger partial charge in [-0.1, -0.05) is 34.5 Å². The Labute approximate surface area is 96.2 Å². The highest BCUT2D eigenvalue weighted by atomic mass is 79.9. The summed E-state index contributed by atoms with van der Waals surface area (Å²) in [5.74, 6) is 0. The van der Waals surface area contributed by atoms with Gasteiger partial charge in [-0.25, -0.2) is 0 Å². The van der Waals surface area contributed by atoms with Crippen LogP contribution in [-0.4, -0.2) is 5.25 Å². The van der Waals surface area contributed by atoms with Gasteiger partial charge in [0.15, 0.2) is 0 Å². The normalized spacial score (nSPS) is 27.0. The van der Waals surface area contributed by atoms with E-state index < -0.39 is 0 Å². The number of hydrogen-bond acceptors (Lipinski definition) is 1. The number of hydrogen-bond donors (Lipinski definition) is 0. The molecule has 1 aliphatic rings. The molecule has 1 aromatic rings. The lowest BCUT2D eigenvalue weighted by Crippen LogP contribution is -2.08. The molecule has 0 N–H and O–H groups in total. The Morgan fingerprint density at radius 3 is 3.08 bits per heavy atom. The smallest absolute Gasteiger partial charge is 0.0417 e. The number of halogens is 2. The van der Waals surface area contributed by atoms with Crippen LogP contribution in [0.15, 0.2) is 23.1 Å². The van der Waals surface area contributed by atoms with Crippen molar-refractivity contribution in [3.05, 3.63) is 28.8 Å². The van der Waals surface area contributed by atoms with Crippen LogP contribution in [0.4, 0.5) is 0 Å². The Hall–Kier alpha value is 0.340. The van der Waals surface area contributed by atoms with Gasteiger partial charge >= 0.3 is 0 Å². The fourth-order valence-electron chi connectivity index (χ4n) is 1.55. The van der Waals surface area contributed by atoms with Gasteiger partial charge in [0.25, 0.3) is 0 Å². The van der Waals surface area contributed by atoms with E-state index in [1.54, 1.807) is 0 Å². The van der Waals surface area contributed by atoms with Gasteiger partial charge in [0.05, 0.1) is 0 Å². The van der Waals surface area contributed by atoms with Crippen molar-refractivity contribution in [2.45, 2.75) is 28.3 Å². The first kappa shape index (κ1) is 9.88. The first-order valence-corrected chi connectivity index (χ1v) is 6.44. The van der Waals surface area contributed by atoms with Gasteiger partial charge in [0.1, 0.15) is 0 Å². The first-order chi connectivity index (χ1) is 6.16. The lowest BCUT2D eigenvalue weighted by atomic mass is 10.1. The average molecular weight is 278 g/mol. The molecule has 0 aliphatic carbocycles. The topological polar surface area (TPSA) is 0 Å². The van der Waals surface area contributed by atoms with E-state index in [-0.39, 0.29) is 0 Å². The maximum absolute atomic E-state index is 5.95. The Morgan fingerprint density at radius 1 is 1.54 bits per heavy atom. The van der Waals surface area contributed by atoms with Crippen LogP contribution in [0.1, 0.15) is 23.7 Å². The third kappa shape index (κ3) is 2.05. The molecule has 0 spiro atoms. The largest absolute Gasteiger partial charge is 0.123 e. The summed E-state index contributed by atoms with van der Waals surface area (Å²) in [7, 11) is 0. The van der Waals surface area contributed by atoms with Crippen molar-refractivity contribution in [3.8, 4) is 0 Å². The van der Waals surface area contributed by atoms with E-state index in [0.29, 0.717) is 10.1 Å². The van der Waals surface area contributed by atoms with Gasteiger partial charge in [0.2, 0.25) is 0 Å². The quantitative estimate of drug-likeness (QED) is 0.622. The summed E-state index contributed by atoms with van der Waals surface area (Å²) in [5.41, 5.74) is 1.34. The highest BCUT2D eigenvalue weighted by molar-refractivity contribution is 9.09. The number of rotatable bonds is 0. The van der Waals surface area contributed by atoms with Crippen molar-refractivity contribution < 1.29 is 0 Å². The summed E-state index contributed by atoms with van der Waals surface area (Å²) in [6.45, 7) is 2.26. The third-order valence-corrected chi connectivity index (χ3v) is 4.50. The molecule has 1 heterocycles. The molecule has 2 atom stereocenters. The van der Waals surface area contributed by atoms with E-state index in [2.05, 4.69) is 35.0 Å². The molecular formula is C10H10BrClS. The van der Waals surface area contributed by atoms with Gasteiger partial charge in [-0.2, -0.15) is 0 Å². The second-order valence-corrected chi connectivity index (χ2v) is 6.34. The molecule has 0 saturated carbocycles. The molecule has 1 aliphatic heterocycles. The van der Waals surface area contributed by atoms with E-state index >= 15 is 0 Å². The minimum Gasteiger partial charge on any atom is -0.123 e. The van der Waals surface area contributed by atoms with Crippen LogP contribution in [0.25, 0.3) is 0 Å². The Bertz CT molecular complexity index is 327. The first-order valence-electron chi connectivity index (χ1n) is 4.27. The molecule has 0 amide bonds. The zero-order chi connectivity index (χ0) is 9.42. The van der Waals surface area contributed by atoms with E-state index in [4.69, 9.17) is 11.6 Å². The SMILES string of the molecule is CC1CC(Br)c2cc(Cl)ccc2S1. The Kier molecular flexibility index (Phi) is 2.91. The minimum absolute atomic E-state index is 0.470. The summed E-state index contributed by atoms with van der Waals surface area (Å²) in [6.07, 6.45) is 1.18. The van der Waals surface area contributed by atoms with E-state index in [1.807, 2.05) is 17.8 Å². The summed E-state index contributed by atoms with van der Waals surface area (Å²) < 4.78 is 0. The van der Waals surface area contributed by atoms with E-state index in [0.717, 1.165) is 5.02 Å². The molecule has 2 unspecified atom stereocenters. The average Bonchev–Trinajstić information content (AvgIpc) is 2.06. The molecule has 0 nitrogen and oxygen atoms in total. The van der Waals surface area contributed by atoms with Gasteiger partial charge in [-0.15, -0.1) is 11.8 Å². The molecule has 0 fully saturated rings. The highest BCUT2D eigenvalue weighted by Crippen LogP contribution is 2.45. The molecular weight excluding hydrogens is 268 g/mol. The second-order valence-electron chi connectivity index (χ2n) is 3.31. The maximum atomic E-state index is 5.95. The number of thioether (sulfide) groups is 1. The van der Waals surface area contributed by atoms with Gasteiger partial charge in [-0.3, -0.25) is 0 Å². The predicted octanol–water partition coefficient (Wildman–Crippen LogP) is 4.66. The van der Waals surface area contributed by atoms with Crippen molar-refractivity contribution in [2.75, 3.05) is 0 Å². The van der Waals surface area contributed by atoms with Crippen LogP contribution in [0.5, 0.6) is 0 Å². The number of fused-ring (bicyclic) bond motifs is 1. The summed E-state index contributed by atoms with van der Waals surface area (Å²) in [6, 6.07) is 6.15. The predicted molar refractivity (Wildman–Crippen MR) is 63.1 cm³/mol. The molecule has 13 heavy (non-hydrogen) atoms. The second kappa shape index (κ2) is 3.84. The molecule has 3 heteroatoms. The molecule has 2 rings (SSSR count).